The number of fused-ring (bicyclic) bond motifs is 1. The highest BCUT2D eigenvalue weighted by Gasteiger charge is 2.34. The first-order chi connectivity index (χ1) is 14.6. The molecule has 0 aliphatic carbocycles. The number of benzene rings is 1. The van der Waals surface area contributed by atoms with Gasteiger partial charge in [0.1, 0.15) is 0 Å². The molecule has 0 fully saturated rings. The maximum atomic E-state index is 6.16. The smallest absolute Gasteiger partial charge is 0.227 e. The van der Waals surface area contributed by atoms with E-state index in [1.165, 1.54) is 0 Å². The number of hydrazone groups is 1. The Hall–Kier alpha value is -2.97. The summed E-state index contributed by atoms with van der Waals surface area (Å²) in [6, 6.07) is 11.6. The summed E-state index contributed by atoms with van der Waals surface area (Å²) in [6.07, 6.45) is 7.41. The average Bonchev–Trinajstić information content (AvgIpc) is 3.19. The lowest BCUT2D eigenvalue weighted by molar-refractivity contribution is 0.335. The van der Waals surface area contributed by atoms with E-state index in [0.717, 1.165) is 55.5 Å². The number of hydrogen-bond donors (Lipinski definition) is 1. The van der Waals surface area contributed by atoms with Crippen LogP contribution >= 0.6 is 11.6 Å². The van der Waals surface area contributed by atoms with E-state index in [0.29, 0.717) is 5.02 Å². The van der Waals surface area contributed by atoms with E-state index in [4.69, 9.17) is 11.6 Å². The third kappa shape index (κ3) is 3.64. The molecule has 8 nitrogen and oxygen atoms in total. The number of anilines is 2. The van der Waals surface area contributed by atoms with E-state index in [2.05, 4.69) is 42.1 Å². The van der Waals surface area contributed by atoms with Crippen LogP contribution in [0.5, 0.6) is 0 Å². The maximum absolute atomic E-state index is 6.16. The van der Waals surface area contributed by atoms with Crippen molar-refractivity contribution in [1.82, 2.24) is 25.2 Å². The van der Waals surface area contributed by atoms with Gasteiger partial charge in [0.15, 0.2) is 5.82 Å². The van der Waals surface area contributed by atoms with Crippen LogP contribution in [-0.4, -0.2) is 44.6 Å². The van der Waals surface area contributed by atoms with Crippen molar-refractivity contribution in [3.05, 3.63) is 53.8 Å². The molecule has 0 amide bonds. The quantitative estimate of drug-likeness (QED) is 0.694. The minimum Gasteiger partial charge on any atom is -0.339 e. The summed E-state index contributed by atoms with van der Waals surface area (Å²) in [4.78, 5) is 6.53. The molecule has 1 N–H and O–H groups in total. The van der Waals surface area contributed by atoms with Gasteiger partial charge in [0.05, 0.1) is 11.2 Å². The van der Waals surface area contributed by atoms with Crippen LogP contribution in [0, 0.1) is 0 Å². The van der Waals surface area contributed by atoms with Crippen molar-refractivity contribution in [2.45, 2.75) is 31.8 Å². The minimum atomic E-state index is -0.216. The molecule has 0 spiro atoms. The summed E-state index contributed by atoms with van der Waals surface area (Å²) in [5.74, 6) is 1.77. The van der Waals surface area contributed by atoms with Gasteiger partial charge in [-0.25, -0.2) is 5.43 Å². The molecule has 0 saturated carbocycles. The predicted octanol–water partition coefficient (Wildman–Crippen LogP) is 3.36. The number of nitrogens with one attached hydrogen (secondary N) is 1. The van der Waals surface area contributed by atoms with Gasteiger partial charge in [-0.15, -0.1) is 10.2 Å². The van der Waals surface area contributed by atoms with E-state index in [-0.39, 0.29) is 5.54 Å². The summed E-state index contributed by atoms with van der Waals surface area (Å²) < 4.78 is 2.19. The first-order valence-electron chi connectivity index (χ1n) is 10.1. The Morgan fingerprint density at radius 2 is 2.10 bits per heavy atom. The van der Waals surface area contributed by atoms with Gasteiger partial charge in [0.25, 0.3) is 0 Å². The Labute approximate surface area is 180 Å². The number of aromatic nitrogens is 4. The van der Waals surface area contributed by atoms with Crippen molar-refractivity contribution in [3.63, 3.8) is 0 Å². The molecule has 4 heterocycles. The second-order valence-corrected chi connectivity index (χ2v) is 8.39. The number of hydrazine groups is 1. The van der Waals surface area contributed by atoms with Crippen LogP contribution in [-0.2, 0) is 6.54 Å². The zero-order chi connectivity index (χ0) is 20.6. The zero-order valence-electron chi connectivity index (χ0n) is 16.7. The largest absolute Gasteiger partial charge is 0.339 e. The number of pyridine rings is 1. The molecule has 2 aliphatic rings. The Morgan fingerprint density at radius 1 is 1.17 bits per heavy atom. The standard InChI is InChI=1S/C21H23ClN8/c1-21(8-10-24-30(27-21)18-7-2-6-17(22)13-18)15-28-11-4-12-29-19(25-26-20(28)29)16-5-3-9-23-14-16/h2-3,5-7,9-10,13-14,27H,4,8,11-12,15H2,1H3. The number of hydrogen-bond acceptors (Lipinski definition) is 7. The van der Waals surface area contributed by atoms with Crippen LogP contribution in [0.2, 0.25) is 5.02 Å². The molecule has 0 saturated heterocycles. The van der Waals surface area contributed by atoms with Gasteiger partial charge in [-0.05, 0) is 43.7 Å². The van der Waals surface area contributed by atoms with Gasteiger partial charge in [-0.2, -0.15) is 10.2 Å². The highest BCUT2D eigenvalue weighted by molar-refractivity contribution is 6.30. The highest BCUT2D eigenvalue weighted by Crippen LogP contribution is 2.29. The normalized spacial score (nSPS) is 21.0. The fraction of sp³-hybridized carbons (Fsp3) is 0.333. The van der Waals surface area contributed by atoms with Crippen LogP contribution in [0.4, 0.5) is 11.6 Å². The van der Waals surface area contributed by atoms with Gasteiger partial charge >= 0.3 is 0 Å². The second kappa shape index (κ2) is 7.70. The summed E-state index contributed by atoms with van der Waals surface area (Å²) in [5.41, 5.74) is 5.24. The van der Waals surface area contributed by atoms with E-state index in [9.17, 15) is 0 Å². The summed E-state index contributed by atoms with van der Waals surface area (Å²) in [5, 5.41) is 16.0. The molecule has 1 unspecified atom stereocenters. The average molecular weight is 423 g/mol. The van der Waals surface area contributed by atoms with Gasteiger partial charge in [0.2, 0.25) is 5.95 Å². The van der Waals surface area contributed by atoms with Crippen LogP contribution in [0.3, 0.4) is 0 Å². The molecular weight excluding hydrogens is 400 g/mol. The molecule has 1 atom stereocenters. The lowest BCUT2D eigenvalue weighted by Gasteiger charge is -2.42. The number of halogens is 1. The molecule has 3 aromatic rings. The molecule has 1 aromatic carbocycles. The van der Waals surface area contributed by atoms with Crippen molar-refractivity contribution < 1.29 is 0 Å². The van der Waals surface area contributed by atoms with Crippen LogP contribution in [0.1, 0.15) is 19.8 Å². The monoisotopic (exact) mass is 422 g/mol. The summed E-state index contributed by atoms with van der Waals surface area (Å²) in [6.45, 7) is 4.83. The van der Waals surface area contributed by atoms with E-state index in [1.54, 1.807) is 11.3 Å². The fourth-order valence-electron chi connectivity index (χ4n) is 4.03. The molecule has 2 aliphatic heterocycles. The molecule has 0 bridgehead atoms. The topological polar surface area (TPSA) is 74.5 Å². The third-order valence-corrected chi connectivity index (χ3v) is 5.69. The first kappa shape index (κ1) is 19.0. The van der Waals surface area contributed by atoms with Crippen molar-refractivity contribution >= 4 is 29.5 Å². The molecule has 154 valence electrons. The van der Waals surface area contributed by atoms with Gasteiger partial charge in [0, 0.05) is 55.2 Å². The molecule has 30 heavy (non-hydrogen) atoms. The van der Waals surface area contributed by atoms with E-state index in [1.807, 2.05) is 48.8 Å². The first-order valence-corrected chi connectivity index (χ1v) is 10.4. The fourth-order valence-corrected chi connectivity index (χ4v) is 4.21. The SMILES string of the molecule is CC1(CN2CCCn3c(-c4cccnc4)nnc32)CC=NN(c2cccc(Cl)c2)N1. The summed E-state index contributed by atoms with van der Waals surface area (Å²) in [7, 11) is 0. The van der Waals surface area contributed by atoms with Crippen LogP contribution < -0.4 is 15.4 Å². The summed E-state index contributed by atoms with van der Waals surface area (Å²) >= 11 is 6.16. The number of rotatable bonds is 4. The predicted molar refractivity (Wildman–Crippen MR) is 119 cm³/mol. The van der Waals surface area contributed by atoms with E-state index < -0.39 is 0 Å². The van der Waals surface area contributed by atoms with Crippen LogP contribution in [0.15, 0.2) is 53.9 Å². The number of nitrogens with zero attached hydrogens (tertiary/aromatic N) is 7. The van der Waals surface area contributed by atoms with E-state index >= 15 is 0 Å². The lowest BCUT2D eigenvalue weighted by Crippen LogP contribution is -2.60. The Kier molecular flexibility index (Phi) is 4.88. The van der Waals surface area contributed by atoms with Gasteiger partial charge in [-0.3, -0.25) is 9.55 Å². The molecular formula is C21H23ClN8. The molecule has 2 aromatic heterocycles. The Balaban J connectivity index is 1.38. The maximum Gasteiger partial charge on any atom is 0.227 e. The van der Waals surface area contributed by atoms with Crippen molar-refractivity contribution in [3.8, 4) is 11.4 Å². The van der Waals surface area contributed by atoms with Crippen LogP contribution in [0.25, 0.3) is 11.4 Å². The van der Waals surface area contributed by atoms with Crippen molar-refractivity contribution in [2.24, 2.45) is 5.10 Å². The van der Waals surface area contributed by atoms with Gasteiger partial charge in [-0.1, -0.05) is 17.7 Å². The third-order valence-electron chi connectivity index (χ3n) is 5.45. The lowest BCUT2D eigenvalue weighted by atomic mass is 9.97. The minimum absolute atomic E-state index is 0.216. The Morgan fingerprint density at radius 3 is 2.93 bits per heavy atom. The zero-order valence-corrected chi connectivity index (χ0v) is 17.5. The molecule has 9 heteroatoms. The van der Waals surface area contributed by atoms with Crippen molar-refractivity contribution in [1.29, 1.82) is 0 Å². The highest BCUT2D eigenvalue weighted by atomic mass is 35.5. The molecule has 0 radical (unpaired) electrons. The van der Waals surface area contributed by atoms with Gasteiger partial charge < -0.3 is 4.90 Å². The van der Waals surface area contributed by atoms with Crippen molar-refractivity contribution in [2.75, 3.05) is 23.1 Å². The second-order valence-electron chi connectivity index (χ2n) is 7.96. The molecule has 5 rings (SSSR count). The Bertz CT molecular complexity index is 1070.